The second-order valence-electron chi connectivity index (χ2n) is 14.7. The molecule has 6 N–H and O–H groups in total. The van der Waals surface area contributed by atoms with Gasteiger partial charge in [0.15, 0.2) is 75.8 Å². The monoisotopic (exact) mass is 798 g/mol. The Morgan fingerprint density at radius 3 is 0.983 bits per heavy atom. The van der Waals surface area contributed by atoms with Crippen LogP contribution in [-0.2, 0) is 26.2 Å². The van der Waals surface area contributed by atoms with Crippen molar-refractivity contribution in [1.29, 1.82) is 0 Å². The Balaban J connectivity index is 1.44. The first-order chi connectivity index (χ1) is 29.5. The van der Waals surface area contributed by atoms with Crippen molar-refractivity contribution in [2.45, 2.75) is 26.2 Å². The van der Waals surface area contributed by atoms with Gasteiger partial charge in [-0.1, -0.05) is 0 Å². The molecule has 7 aromatic rings. The number of rotatable bonds is 12. The number of hydrogen-bond donors (Lipinski definition) is 6. The number of nitrogens with zero attached hydrogens (tertiary/aromatic N) is 6. The molecule has 0 radical (unpaired) electrons. The van der Waals surface area contributed by atoms with E-state index in [4.69, 9.17) is 9.97 Å². The zero-order chi connectivity index (χ0) is 41.0. The number of H-pyrrole nitrogens is 2. The van der Waals surface area contributed by atoms with E-state index in [0.717, 1.165) is 89.4 Å². The first-order valence-corrected chi connectivity index (χ1v) is 20.1. The molecule has 2 aliphatic rings. The van der Waals surface area contributed by atoms with E-state index >= 15 is 0 Å². The topological polar surface area (TPSA) is 154 Å². The third-order valence-electron chi connectivity index (χ3n) is 10.8. The number of pyridine rings is 4. The summed E-state index contributed by atoms with van der Waals surface area (Å²) < 4.78 is 7.89. The van der Waals surface area contributed by atoms with Crippen molar-refractivity contribution in [3.63, 3.8) is 0 Å². The number of fused-ring (bicyclic) bond motifs is 8. The maximum atomic E-state index is 9.85. The molecule has 0 amide bonds. The van der Waals surface area contributed by atoms with Gasteiger partial charge in [0.05, 0.1) is 28.3 Å². The fourth-order valence-electron chi connectivity index (χ4n) is 8.12. The number of nitrogens with one attached hydrogen (secondary N) is 2. The van der Waals surface area contributed by atoms with Crippen LogP contribution in [0.1, 0.15) is 22.8 Å². The Bertz CT molecular complexity index is 2820. The third-order valence-corrected chi connectivity index (χ3v) is 10.8. The molecule has 12 nitrogen and oxygen atoms in total. The van der Waals surface area contributed by atoms with Crippen LogP contribution in [0.3, 0.4) is 0 Å². The van der Waals surface area contributed by atoms with Gasteiger partial charge in [-0.3, -0.25) is 0 Å². The van der Waals surface area contributed by atoms with Gasteiger partial charge in [-0.2, -0.15) is 0 Å². The smallest absolute Gasteiger partial charge is 0.176 e. The fourth-order valence-corrected chi connectivity index (χ4v) is 8.12. The van der Waals surface area contributed by atoms with Crippen LogP contribution in [0.4, 0.5) is 0 Å². The Labute approximate surface area is 346 Å². The van der Waals surface area contributed by atoms with Gasteiger partial charge in [-0.15, -0.1) is 0 Å². The third kappa shape index (κ3) is 7.68. The molecule has 9 rings (SSSR count). The molecule has 0 aromatic carbocycles. The van der Waals surface area contributed by atoms with Gasteiger partial charge < -0.3 is 30.4 Å². The van der Waals surface area contributed by atoms with E-state index in [2.05, 4.69) is 52.4 Å². The van der Waals surface area contributed by atoms with Crippen molar-refractivity contribution in [1.82, 2.24) is 19.9 Å². The minimum Gasteiger partial charge on any atom is -0.390 e. The number of aromatic amines is 2. The second kappa shape index (κ2) is 17.1. The number of hydrogen-bond acceptors (Lipinski definition) is 6. The van der Waals surface area contributed by atoms with Gasteiger partial charge in [-0.05, 0) is 72.8 Å². The van der Waals surface area contributed by atoms with Crippen LogP contribution in [0.2, 0.25) is 0 Å². The van der Waals surface area contributed by atoms with Crippen molar-refractivity contribution in [3.05, 3.63) is 145 Å². The number of aliphatic hydroxyl groups is 4. The summed E-state index contributed by atoms with van der Waals surface area (Å²) in [6.45, 7) is 1.80. The van der Waals surface area contributed by atoms with Gasteiger partial charge >= 0.3 is 0 Å². The van der Waals surface area contributed by atoms with Gasteiger partial charge in [-0.25, -0.2) is 28.2 Å². The molecule has 298 valence electrons. The van der Waals surface area contributed by atoms with Gasteiger partial charge in [0.1, 0.15) is 26.4 Å². The molecule has 0 atom stereocenters. The maximum Gasteiger partial charge on any atom is 0.176 e. The zero-order valence-electron chi connectivity index (χ0n) is 33.0. The largest absolute Gasteiger partial charge is 0.390 e. The first-order valence-electron chi connectivity index (χ1n) is 20.1. The summed E-state index contributed by atoms with van der Waals surface area (Å²) >= 11 is 0. The molecule has 60 heavy (non-hydrogen) atoms. The Morgan fingerprint density at radius 1 is 0.367 bits per heavy atom. The lowest BCUT2D eigenvalue weighted by molar-refractivity contribution is -0.697. The predicted molar refractivity (Wildman–Crippen MR) is 230 cm³/mol. The highest BCUT2D eigenvalue weighted by Gasteiger charge is 2.22. The molecule has 0 spiro atoms. The molecule has 12 heteroatoms. The summed E-state index contributed by atoms with van der Waals surface area (Å²) in [5, 5.41) is 39.4. The normalized spacial score (nSPS) is 12.1. The fraction of sp³-hybridized carbons (Fsp3) is 0.167. The van der Waals surface area contributed by atoms with Crippen LogP contribution < -0.4 is 18.3 Å². The van der Waals surface area contributed by atoms with E-state index in [1.54, 1.807) is 0 Å². The van der Waals surface area contributed by atoms with Crippen LogP contribution in [0.25, 0.3) is 90.9 Å². The average Bonchev–Trinajstić information content (AvgIpc) is 4.10. The van der Waals surface area contributed by atoms with E-state index in [-0.39, 0.29) is 26.4 Å². The van der Waals surface area contributed by atoms with Crippen molar-refractivity contribution in [3.8, 4) is 44.5 Å². The van der Waals surface area contributed by atoms with Crippen molar-refractivity contribution in [2.24, 2.45) is 0 Å². The number of aliphatic hydroxyl groups excluding tert-OH is 4. The average molecular weight is 799 g/mol. The Kier molecular flexibility index (Phi) is 11.0. The number of aromatic nitrogens is 8. The molecule has 0 fully saturated rings. The standard InChI is InChI=1S/C48H46N8O4/c57-25-21-53-17-1-5-33(29-53)45-37-9-11-39(49-37)46(34-6-2-18-54(30-34)22-26-58)41-13-15-43(51-41)48(36-8-4-20-56(32-36)24-28-60)44-16-14-42(52-44)47(40-12-10-38(45)50-40)35-7-3-19-55(31-35)23-27-59/h1-20,29-32,49-50,57-60H,21-28H2/q+4. The van der Waals surface area contributed by atoms with Crippen LogP contribution in [0.15, 0.2) is 122 Å². The minimum absolute atomic E-state index is 0.000698. The van der Waals surface area contributed by atoms with Gasteiger partial charge in [0.25, 0.3) is 0 Å². The van der Waals surface area contributed by atoms with Crippen molar-refractivity contribution in [2.75, 3.05) is 26.4 Å². The highest BCUT2D eigenvalue weighted by Crippen LogP contribution is 2.37. The van der Waals surface area contributed by atoms with Gasteiger partial charge in [0, 0.05) is 85.3 Å². The highest BCUT2D eigenvalue weighted by molar-refractivity contribution is 5.99. The lowest BCUT2D eigenvalue weighted by Crippen LogP contribution is -2.34. The predicted octanol–water partition coefficient (Wildman–Crippen LogP) is 4.44. The summed E-state index contributed by atoms with van der Waals surface area (Å²) in [5.41, 5.74) is 13.7. The molecule has 2 aliphatic heterocycles. The van der Waals surface area contributed by atoms with Crippen molar-refractivity contribution >= 4 is 46.4 Å². The van der Waals surface area contributed by atoms with E-state index in [1.807, 2.05) is 122 Å². The molecule has 0 saturated heterocycles. The van der Waals surface area contributed by atoms with Crippen LogP contribution >= 0.6 is 0 Å². The SMILES string of the molecule is OCC[n+]1cccc(-c2c3nc(c(-c4ccc[n+](CCO)c4)c4ccc([nH]4)c(-c4ccc[n+](CCO)c4)c4ccc([nH]4)c(-c4ccc[n+](CCO)c4)c4nc2C=C4)C=C3)c1. The molecule has 7 aromatic heterocycles. The molecule has 0 aliphatic carbocycles. The Hall–Kier alpha value is -6.96. The molecule has 0 unspecified atom stereocenters. The van der Waals surface area contributed by atoms with Crippen LogP contribution in [0, 0.1) is 0 Å². The highest BCUT2D eigenvalue weighted by atomic mass is 16.3. The van der Waals surface area contributed by atoms with E-state index < -0.39 is 0 Å². The van der Waals surface area contributed by atoms with Gasteiger partial charge in [0.2, 0.25) is 0 Å². The zero-order valence-corrected chi connectivity index (χ0v) is 33.0. The quantitative estimate of drug-likeness (QED) is 0.101. The summed E-state index contributed by atoms with van der Waals surface area (Å²) in [6, 6.07) is 24.5. The van der Waals surface area contributed by atoms with E-state index in [9.17, 15) is 20.4 Å². The lowest BCUT2D eigenvalue weighted by Gasteiger charge is -2.06. The van der Waals surface area contributed by atoms with Crippen LogP contribution in [0.5, 0.6) is 0 Å². The maximum absolute atomic E-state index is 9.85. The molecule has 9 heterocycles. The van der Waals surface area contributed by atoms with Crippen LogP contribution in [-0.4, -0.2) is 66.8 Å². The van der Waals surface area contributed by atoms with Crippen molar-refractivity contribution < 1.29 is 38.7 Å². The minimum atomic E-state index is 0.000698. The summed E-state index contributed by atoms with van der Waals surface area (Å²) in [6.07, 6.45) is 24.1. The summed E-state index contributed by atoms with van der Waals surface area (Å²) in [5.74, 6) is 0. The second-order valence-corrected chi connectivity index (χ2v) is 14.7. The summed E-state index contributed by atoms with van der Waals surface area (Å²) in [7, 11) is 0. The molecular weight excluding hydrogens is 753 g/mol. The molecule has 8 bridgehead atoms. The molecular formula is C48H46N8O4+4. The Morgan fingerprint density at radius 2 is 0.650 bits per heavy atom. The van der Waals surface area contributed by atoms with E-state index in [1.165, 1.54) is 0 Å². The summed E-state index contributed by atoms with van der Waals surface area (Å²) in [4.78, 5) is 18.3. The lowest BCUT2D eigenvalue weighted by atomic mass is 10.0. The first kappa shape index (κ1) is 38.6. The van der Waals surface area contributed by atoms with E-state index in [0.29, 0.717) is 26.2 Å². The molecule has 0 saturated carbocycles.